The van der Waals surface area contributed by atoms with Gasteiger partial charge in [0.1, 0.15) is 5.75 Å². The van der Waals surface area contributed by atoms with Crippen LogP contribution in [0.2, 0.25) is 0 Å². The molecule has 0 radical (unpaired) electrons. The van der Waals surface area contributed by atoms with Crippen LogP contribution in [0.15, 0.2) is 36.4 Å². The Balaban J connectivity index is 2.10. The molecule has 2 N–H and O–H groups in total. The molecule has 0 saturated heterocycles. The normalized spacial score (nSPS) is 16.6. The highest BCUT2D eigenvalue weighted by atomic mass is 16.5. The smallest absolute Gasteiger partial charge is 0.126 e. The third-order valence-corrected chi connectivity index (χ3v) is 4.33. The Morgan fingerprint density at radius 1 is 1.20 bits per heavy atom. The zero-order valence-electron chi connectivity index (χ0n) is 12.2. The van der Waals surface area contributed by atoms with Crippen LogP contribution in [0.25, 0.3) is 10.8 Å². The Morgan fingerprint density at radius 3 is 2.50 bits per heavy atom. The zero-order chi connectivity index (χ0) is 14.1. The molecule has 1 fully saturated rings. The molecule has 1 aliphatic carbocycles. The van der Waals surface area contributed by atoms with Gasteiger partial charge in [-0.2, -0.15) is 0 Å². The van der Waals surface area contributed by atoms with Crippen molar-refractivity contribution >= 4 is 10.8 Å². The van der Waals surface area contributed by atoms with Gasteiger partial charge in [-0.25, -0.2) is 0 Å². The van der Waals surface area contributed by atoms with Gasteiger partial charge in [-0.05, 0) is 36.9 Å². The molecule has 0 aliphatic heterocycles. The highest BCUT2D eigenvalue weighted by Gasteiger charge is 2.31. The number of ether oxygens (including phenoxy) is 1. The van der Waals surface area contributed by atoms with Gasteiger partial charge in [-0.3, -0.25) is 4.90 Å². The molecule has 3 heteroatoms. The number of benzene rings is 2. The Labute approximate surface area is 120 Å². The van der Waals surface area contributed by atoms with E-state index in [0.717, 1.165) is 11.1 Å². The third-order valence-electron chi connectivity index (χ3n) is 4.33. The summed E-state index contributed by atoms with van der Waals surface area (Å²) in [4.78, 5) is 2.42. The fraction of sp³-hybridized carbons (Fsp3) is 0.412. The van der Waals surface area contributed by atoms with E-state index in [0.29, 0.717) is 12.6 Å². The van der Waals surface area contributed by atoms with E-state index in [4.69, 9.17) is 10.5 Å². The lowest BCUT2D eigenvalue weighted by molar-refractivity contribution is 0.241. The molecule has 0 heterocycles. The van der Waals surface area contributed by atoms with Crippen molar-refractivity contribution in [1.82, 2.24) is 4.90 Å². The van der Waals surface area contributed by atoms with Crippen LogP contribution < -0.4 is 10.5 Å². The second kappa shape index (κ2) is 5.43. The van der Waals surface area contributed by atoms with Crippen LogP contribution >= 0.6 is 0 Å². The van der Waals surface area contributed by atoms with Crippen molar-refractivity contribution in [2.75, 3.05) is 20.7 Å². The molecule has 1 aliphatic rings. The molecule has 1 saturated carbocycles. The summed E-state index contributed by atoms with van der Waals surface area (Å²) in [7, 11) is 3.91. The van der Waals surface area contributed by atoms with E-state index >= 15 is 0 Å². The van der Waals surface area contributed by atoms with Crippen molar-refractivity contribution in [3.8, 4) is 5.75 Å². The minimum atomic E-state index is 0.276. The van der Waals surface area contributed by atoms with Gasteiger partial charge in [-0.1, -0.05) is 30.3 Å². The van der Waals surface area contributed by atoms with Gasteiger partial charge in [0.2, 0.25) is 0 Å². The van der Waals surface area contributed by atoms with Gasteiger partial charge >= 0.3 is 0 Å². The third kappa shape index (κ3) is 2.28. The van der Waals surface area contributed by atoms with Gasteiger partial charge < -0.3 is 10.5 Å². The van der Waals surface area contributed by atoms with Crippen LogP contribution in [-0.2, 0) is 0 Å². The van der Waals surface area contributed by atoms with Gasteiger partial charge in [0.05, 0.1) is 7.11 Å². The van der Waals surface area contributed by atoms with E-state index in [1.54, 1.807) is 7.11 Å². The maximum Gasteiger partial charge on any atom is 0.126 e. The summed E-state index contributed by atoms with van der Waals surface area (Å²) in [6, 6.07) is 13.6. The number of fused-ring (bicyclic) bond motifs is 1. The van der Waals surface area contributed by atoms with Crippen molar-refractivity contribution in [3.05, 3.63) is 42.0 Å². The molecule has 1 atom stereocenters. The Bertz CT molecular complexity index is 607. The summed E-state index contributed by atoms with van der Waals surface area (Å²) < 4.78 is 5.47. The summed E-state index contributed by atoms with van der Waals surface area (Å²) in [5.74, 6) is 0.925. The monoisotopic (exact) mass is 270 g/mol. The first-order chi connectivity index (χ1) is 9.76. The van der Waals surface area contributed by atoms with Crippen LogP contribution in [0.1, 0.15) is 24.4 Å². The van der Waals surface area contributed by atoms with Crippen LogP contribution in [-0.4, -0.2) is 31.6 Å². The first-order valence-electron chi connectivity index (χ1n) is 7.24. The van der Waals surface area contributed by atoms with E-state index in [-0.39, 0.29) is 6.04 Å². The number of hydrogen-bond acceptors (Lipinski definition) is 3. The largest absolute Gasteiger partial charge is 0.496 e. The topological polar surface area (TPSA) is 38.5 Å². The average Bonchev–Trinajstić information content (AvgIpc) is 3.32. The minimum Gasteiger partial charge on any atom is -0.496 e. The van der Waals surface area contributed by atoms with Crippen molar-refractivity contribution in [3.63, 3.8) is 0 Å². The van der Waals surface area contributed by atoms with Crippen LogP contribution in [0, 0.1) is 0 Å². The lowest BCUT2D eigenvalue weighted by Gasteiger charge is -2.28. The molecular formula is C17H22N2O. The highest BCUT2D eigenvalue weighted by Crippen LogP contribution is 2.37. The van der Waals surface area contributed by atoms with E-state index < -0.39 is 0 Å². The molecule has 3 nitrogen and oxygen atoms in total. The predicted molar refractivity (Wildman–Crippen MR) is 83.1 cm³/mol. The first kappa shape index (κ1) is 13.4. The first-order valence-corrected chi connectivity index (χ1v) is 7.24. The van der Waals surface area contributed by atoms with E-state index in [1.807, 2.05) is 0 Å². The van der Waals surface area contributed by atoms with Crippen molar-refractivity contribution < 1.29 is 4.74 Å². The van der Waals surface area contributed by atoms with Crippen LogP contribution in [0.3, 0.4) is 0 Å². The van der Waals surface area contributed by atoms with Gasteiger partial charge in [0.15, 0.2) is 0 Å². The SMILES string of the molecule is COc1ccc(C(CN)N(C)C2CC2)c2ccccc12. The van der Waals surface area contributed by atoms with Gasteiger partial charge in [0, 0.05) is 24.0 Å². The minimum absolute atomic E-state index is 0.276. The van der Waals surface area contributed by atoms with Crippen LogP contribution in [0.4, 0.5) is 0 Å². The molecule has 0 aromatic heterocycles. The summed E-state index contributed by atoms with van der Waals surface area (Å²) in [5.41, 5.74) is 7.36. The summed E-state index contributed by atoms with van der Waals surface area (Å²) >= 11 is 0. The fourth-order valence-electron chi connectivity index (χ4n) is 3.01. The molecule has 1 unspecified atom stereocenters. The number of rotatable bonds is 5. The van der Waals surface area contributed by atoms with Crippen molar-refractivity contribution in [2.24, 2.45) is 5.73 Å². The number of likely N-dealkylation sites (N-methyl/N-ethyl adjacent to an activating group) is 1. The molecule has 2 aromatic rings. The molecule has 20 heavy (non-hydrogen) atoms. The second-order valence-electron chi connectivity index (χ2n) is 5.55. The Kier molecular flexibility index (Phi) is 3.64. The Hall–Kier alpha value is -1.58. The Morgan fingerprint density at radius 2 is 1.90 bits per heavy atom. The quantitative estimate of drug-likeness (QED) is 0.908. The van der Waals surface area contributed by atoms with E-state index in [2.05, 4.69) is 48.3 Å². The molecule has 2 aromatic carbocycles. The summed E-state index contributed by atoms with van der Waals surface area (Å²) in [5, 5.41) is 2.41. The van der Waals surface area contributed by atoms with E-state index in [1.165, 1.54) is 23.8 Å². The van der Waals surface area contributed by atoms with Gasteiger partial charge in [0.25, 0.3) is 0 Å². The summed E-state index contributed by atoms with van der Waals surface area (Å²) in [6.45, 7) is 0.642. The second-order valence-corrected chi connectivity index (χ2v) is 5.55. The molecule has 0 bridgehead atoms. The molecule has 106 valence electrons. The molecule has 3 rings (SSSR count). The number of hydrogen-bond donors (Lipinski definition) is 1. The van der Waals surface area contributed by atoms with E-state index in [9.17, 15) is 0 Å². The highest BCUT2D eigenvalue weighted by molar-refractivity contribution is 5.91. The number of methoxy groups -OCH3 is 1. The maximum absolute atomic E-state index is 6.06. The molecule has 0 spiro atoms. The molecule has 0 amide bonds. The van der Waals surface area contributed by atoms with Crippen molar-refractivity contribution in [1.29, 1.82) is 0 Å². The predicted octanol–water partition coefficient (Wildman–Crippen LogP) is 2.94. The zero-order valence-corrected chi connectivity index (χ0v) is 12.2. The van der Waals surface area contributed by atoms with Gasteiger partial charge in [-0.15, -0.1) is 0 Å². The number of nitrogens with two attached hydrogens (primary N) is 1. The fourth-order valence-corrected chi connectivity index (χ4v) is 3.01. The average molecular weight is 270 g/mol. The number of nitrogens with zero attached hydrogens (tertiary/aromatic N) is 1. The lowest BCUT2D eigenvalue weighted by Crippen LogP contribution is -2.32. The lowest BCUT2D eigenvalue weighted by atomic mass is 9.97. The molecular weight excluding hydrogens is 248 g/mol. The summed E-state index contributed by atoms with van der Waals surface area (Å²) in [6.07, 6.45) is 2.59. The standard InChI is InChI=1S/C17H22N2O/c1-19(12-7-8-12)16(11-18)14-9-10-17(20-2)15-6-4-3-5-13(14)15/h3-6,9-10,12,16H,7-8,11,18H2,1-2H3. The van der Waals surface area contributed by atoms with Crippen LogP contribution in [0.5, 0.6) is 5.75 Å². The maximum atomic E-state index is 6.06. The van der Waals surface area contributed by atoms with Crippen molar-refractivity contribution in [2.45, 2.75) is 24.9 Å².